The number of halogens is 2. The molecule has 2 heterocycles. The summed E-state index contributed by atoms with van der Waals surface area (Å²) in [5, 5.41) is 13.3. The van der Waals surface area contributed by atoms with Gasteiger partial charge in [-0.25, -0.2) is 13.2 Å². The van der Waals surface area contributed by atoms with Crippen molar-refractivity contribution in [2.45, 2.75) is 17.6 Å². The van der Waals surface area contributed by atoms with Crippen LogP contribution in [0.1, 0.15) is 5.69 Å². The summed E-state index contributed by atoms with van der Waals surface area (Å²) in [5.74, 6) is -1.36. The average Bonchev–Trinajstić information content (AvgIpc) is 2.62. The van der Waals surface area contributed by atoms with E-state index in [1.54, 1.807) is 18.2 Å². The number of sulfonamides is 1. The average molecular weight is 438 g/mol. The van der Waals surface area contributed by atoms with Crippen molar-refractivity contribution in [3.8, 4) is 0 Å². The summed E-state index contributed by atoms with van der Waals surface area (Å²) in [6, 6.07) is 13.5. The summed E-state index contributed by atoms with van der Waals surface area (Å²) in [7, 11) is -4.22. The molecule has 0 radical (unpaired) electrons. The highest BCUT2D eigenvalue weighted by molar-refractivity contribution is 7.89. The van der Waals surface area contributed by atoms with E-state index in [-0.39, 0.29) is 27.2 Å². The fraction of sp³-hybridized carbons (Fsp3) is 0.111. The third-order valence-electron chi connectivity index (χ3n) is 4.36. The van der Waals surface area contributed by atoms with Crippen LogP contribution in [0.4, 0.5) is 5.69 Å². The van der Waals surface area contributed by atoms with E-state index >= 15 is 0 Å². The van der Waals surface area contributed by atoms with Crippen LogP contribution in [0.5, 0.6) is 0 Å². The number of carbonyl (C=O) groups is 1. The molecule has 0 fully saturated rings. The zero-order valence-corrected chi connectivity index (χ0v) is 16.5. The largest absolute Gasteiger partial charge is 0.479 e. The van der Waals surface area contributed by atoms with Gasteiger partial charge in [-0.2, -0.15) is 4.31 Å². The van der Waals surface area contributed by atoms with Crippen molar-refractivity contribution in [1.29, 1.82) is 0 Å². The second-order valence-electron chi connectivity index (χ2n) is 6.19. The van der Waals surface area contributed by atoms with Crippen molar-refractivity contribution in [1.82, 2.24) is 9.29 Å². The van der Waals surface area contributed by atoms with Gasteiger partial charge in [-0.3, -0.25) is 4.98 Å². The second-order valence-corrected chi connectivity index (χ2v) is 8.87. The quantitative estimate of drug-likeness (QED) is 0.649. The number of aliphatic carboxylic acids is 1. The highest BCUT2D eigenvalue weighted by Crippen LogP contribution is 2.39. The van der Waals surface area contributed by atoms with Gasteiger partial charge in [-0.05, 0) is 24.3 Å². The van der Waals surface area contributed by atoms with E-state index in [2.05, 4.69) is 10.3 Å². The van der Waals surface area contributed by atoms with Crippen molar-refractivity contribution in [2.75, 3.05) is 5.32 Å². The molecule has 1 aromatic heterocycles. The van der Waals surface area contributed by atoms with Crippen molar-refractivity contribution in [3.05, 3.63) is 64.3 Å². The SMILES string of the molecule is O=C(O)C1Nc2cc(Cl)cc(Cl)c2S(=O)(=O)N1Cc1ccc2ccccc2n1. The number of carboxylic acid groups (broad SMARTS) is 1. The third-order valence-corrected chi connectivity index (χ3v) is 6.90. The summed E-state index contributed by atoms with van der Waals surface area (Å²) in [5.41, 5.74) is 1.14. The number of benzene rings is 2. The standard InChI is InChI=1S/C18H13Cl2N3O4S/c19-11-7-13(20)16-15(8-11)22-17(18(24)25)23(28(16,26)27)9-12-6-5-10-3-1-2-4-14(10)21-12/h1-8,17,22H,9H2,(H,24,25). The van der Waals surface area contributed by atoms with E-state index in [1.807, 2.05) is 18.2 Å². The Kier molecular flexibility index (Phi) is 4.67. The molecule has 2 aromatic carbocycles. The molecule has 0 aliphatic carbocycles. The molecule has 0 bridgehead atoms. The molecule has 0 spiro atoms. The monoisotopic (exact) mass is 437 g/mol. The van der Waals surface area contributed by atoms with Crippen LogP contribution in [-0.2, 0) is 21.4 Å². The number of anilines is 1. The van der Waals surface area contributed by atoms with Gasteiger partial charge in [0.15, 0.2) is 6.17 Å². The van der Waals surface area contributed by atoms with Crippen LogP contribution in [0.25, 0.3) is 10.9 Å². The van der Waals surface area contributed by atoms with Gasteiger partial charge < -0.3 is 10.4 Å². The lowest BCUT2D eigenvalue weighted by Gasteiger charge is -2.35. The maximum Gasteiger partial charge on any atom is 0.342 e. The zero-order valence-electron chi connectivity index (χ0n) is 14.1. The molecule has 2 N–H and O–H groups in total. The van der Waals surface area contributed by atoms with Crippen molar-refractivity contribution < 1.29 is 18.3 Å². The molecule has 1 unspecified atom stereocenters. The highest BCUT2D eigenvalue weighted by atomic mass is 35.5. The van der Waals surface area contributed by atoms with Crippen LogP contribution in [0.2, 0.25) is 10.0 Å². The predicted molar refractivity (Wildman–Crippen MR) is 106 cm³/mol. The number of fused-ring (bicyclic) bond motifs is 2. The van der Waals surface area contributed by atoms with Crippen LogP contribution in [0, 0.1) is 0 Å². The van der Waals surface area contributed by atoms with E-state index in [0.717, 1.165) is 9.69 Å². The normalized spacial score (nSPS) is 18.4. The Morgan fingerprint density at radius 3 is 2.68 bits per heavy atom. The number of rotatable bonds is 3. The molecule has 28 heavy (non-hydrogen) atoms. The first-order chi connectivity index (χ1) is 13.3. The van der Waals surface area contributed by atoms with Gasteiger partial charge in [-0.15, -0.1) is 0 Å². The van der Waals surface area contributed by atoms with Crippen molar-refractivity contribution in [2.24, 2.45) is 0 Å². The summed E-state index contributed by atoms with van der Waals surface area (Å²) in [6.07, 6.45) is -1.53. The number of hydrogen-bond acceptors (Lipinski definition) is 5. The number of nitrogens with one attached hydrogen (secondary N) is 1. The van der Waals surface area contributed by atoms with E-state index in [4.69, 9.17) is 23.2 Å². The Bertz CT molecular complexity index is 1220. The Balaban J connectivity index is 1.82. The number of para-hydroxylation sites is 1. The molecule has 1 atom stereocenters. The minimum absolute atomic E-state index is 0.0487. The minimum atomic E-state index is -4.22. The van der Waals surface area contributed by atoms with E-state index in [9.17, 15) is 18.3 Å². The first-order valence-electron chi connectivity index (χ1n) is 8.12. The zero-order chi connectivity index (χ0) is 20.1. The lowest BCUT2D eigenvalue weighted by atomic mass is 10.2. The number of pyridine rings is 1. The maximum absolute atomic E-state index is 13.2. The van der Waals surface area contributed by atoms with Crippen LogP contribution >= 0.6 is 23.2 Å². The Hall–Kier alpha value is -2.39. The first-order valence-corrected chi connectivity index (χ1v) is 10.3. The number of nitrogens with zero attached hydrogens (tertiary/aromatic N) is 2. The maximum atomic E-state index is 13.2. The van der Waals surface area contributed by atoms with Crippen molar-refractivity contribution in [3.63, 3.8) is 0 Å². The van der Waals surface area contributed by atoms with Gasteiger partial charge in [0.05, 0.1) is 28.5 Å². The van der Waals surface area contributed by atoms with Crippen LogP contribution in [-0.4, -0.2) is 34.9 Å². The summed E-state index contributed by atoms with van der Waals surface area (Å²) < 4.78 is 27.2. The van der Waals surface area contributed by atoms with Gasteiger partial charge in [0.1, 0.15) is 4.90 Å². The molecule has 0 saturated carbocycles. The molecular formula is C18H13Cl2N3O4S. The fourth-order valence-electron chi connectivity index (χ4n) is 3.12. The van der Waals surface area contributed by atoms with Gasteiger partial charge in [0.25, 0.3) is 0 Å². The first kappa shape index (κ1) is 18.9. The smallest absolute Gasteiger partial charge is 0.342 e. The van der Waals surface area contributed by atoms with Gasteiger partial charge in [0, 0.05) is 10.4 Å². The molecule has 3 aromatic rings. The number of carboxylic acids is 1. The Labute approximate surface area is 170 Å². The Morgan fingerprint density at radius 1 is 1.18 bits per heavy atom. The lowest BCUT2D eigenvalue weighted by Crippen LogP contribution is -2.52. The predicted octanol–water partition coefficient (Wildman–Crippen LogP) is 3.57. The van der Waals surface area contributed by atoms with Crippen LogP contribution in [0.3, 0.4) is 0 Å². The molecule has 0 amide bonds. The summed E-state index contributed by atoms with van der Waals surface area (Å²) >= 11 is 12.0. The van der Waals surface area contributed by atoms with Crippen LogP contribution < -0.4 is 5.32 Å². The highest BCUT2D eigenvalue weighted by Gasteiger charge is 2.43. The summed E-state index contributed by atoms with van der Waals surface area (Å²) in [6.45, 7) is -0.241. The number of hydrogen-bond donors (Lipinski definition) is 2. The van der Waals surface area contributed by atoms with Crippen molar-refractivity contribution >= 4 is 55.8 Å². The minimum Gasteiger partial charge on any atom is -0.479 e. The lowest BCUT2D eigenvalue weighted by molar-refractivity contribution is -0.140. The molecule has 7 nitrogen and oxygen atoms in total. The Morgan fingerprint density at radius 2 is 1.93 bits per heavy atom. The molecule has 1 aliphatic heterocycles. The number of aromatic nitrogens is 1. The van der Waals surface area contributed by atoms with Gasteiger partial charge in [-0.1, -0.05) is 47.5 Å². The van der Waals surface area contributed by atoms with E-state index in [1.165, 1.54) is 12.1 Å². The van der Waals surface area contributed by atoms with E-state index < -0.39 is 22.2 Å². The molecule has 10 heteroatoms. The molecule has 1 aliphatic rings. The van der Waals surface area contributed by atoms with Gasteiger partial charge >= 0.3 is 5.97 Å². The van der Waals surface area contributed by atoms with E-state index in [0.29, 0.717) is 11.2 Å². The fourth-order valence-corrected chi connectivity index (χ4v) is 5.57. The summed E-state index contributed by atoms with van der Waals surface area (Å²) in [4.78, 5) is 16.0. The molecule has 144 valence electrons. The van der Waals surface area contributed by atoms with Gasteiger partial charge in [0.2, 0.25) is 10.0 Å². The molecular weight excluding hydrogens is 425 g/mol. The van der Waals surface area contributed by atoms with Crippen LogP contribution in [0.15, 0.2) is 53.4 Å². The second kappa shape index (κ2) is 6.89. The molecule has 4 rings (SSSR count). The molecule has 0 saturated heterocycles. The third kappa shape index (κ3) is 3.18. The topological polar surface area (TPSA) is 99.6 Å².